The number of benzene rings is 2. The molecule has 0 fully saturated rings. The lowest BCUT2D eigenvalue weighted by Gasteiger charge is -2.10. The molecule has 126 valence electrons. The molecule has 7 heteroatoms. The first-order chi connectivity index (χ1) is 11.3. The third-order valence-corrected chi connectivity index (χ3v) is 4.40. The zero-order valence-corrected chi connectivity index (χ0v) is 13.7. The van der Waals surface area contributed by atoms with Crippen molar-refractivity contribution in [2.75, 3.05) is 5.73 Å². The van der Waals surface area contributed by atoms with Gasteiger partial charge in [-0.25, -0.2) is 4.98 Å². The number of nitrogen functional groups attached to an aromatic ring is 1. The van der Waals surface area contributed by atoms with E-state index in [2.05, 4.69) is 4.98 Å². The highest BCUT2D eigenvalue weighted by Crippen LogP contribution is 2.36. The Labute approximate surface area is 140 Å². The minimum Gasteiger partial charge on any atom is -0.375 e. The number of rotatable bonds is 4. The number of thiazole rings is 1. The lowest BCUT2D eigenvalue weighted by atomic mass is 10.1. The minimum atomic E-state index is -4.42. The summed E-state index contributed by atoms with van der Waals surface area (Å²) in [6.07, 6.45) is -4.42. The van der Waals surface area contributed by atoms with Crippen LogP contribution in [0.2, 0.25) is 0 Å². The Kier molecular flexibility index (Phi) is 4.47. The summed E-state index contributed by atoms with van der Waals surface area (Å²) < 4.78 is 45.1. The second-order valence-electron chi connectivity index (χ2n) is 5.51. The zero-order valence-electron chi connectivity index (χ0n) is 12.9. The Morgan fingerprint density at radius 3 is 2.50 bits per heavy atom. The van der Waals surface area contributed by atoms with Crippen LogP contribution in [-0.2, 0) is 24.1 Å². The number of ether oxygens (including phenoxy) is 1. The summed E-state index contributed by atoms with van der Waals surface area (Å²) in [5.74, 6) is 0. The number of halogens is 3. The molecule has 0 bridgehead atoms. The number of nitrogens with two attached hydrogens (primary N) is 1. The fraction of sp³-hybridized carbons (Fsp3) is 0.235. The van der Waals surface area contributed by atoms with Crippen molar-refractivity contribution in [3.63, 3.8) is 0 Å². The SMILES string of the molecule is Cc1ccc(COCc2cc(C(F)(F)F)cc3sc(N)nc23)cc1. The van der Waals surface area contributed by atoms with Crippen LogP contribution in [0.1, 0.15) is 22.3 Å². The predicted octanol–water partition coefficient (Wildman–Crippen LogP) is 4.92. The van der Waals surface area contributed by atoms with Crippen LogP contribution in [0.25, 0.3) is 10.2 Å². The molecule has 0 aliphatic heterocycles. The Morgan fingerprint density at radius 2 is 1.83 bits per heavy atom. The van der Waals surface area contributed by atoms with Crippen molar-refractivity contribution in [2.45, 2.75) is 26.3 Å². The minimum absolute atomic E-state index is 0.0392. The van der Waals surface area contributed by atoms with Crippen LogP contribution in [-0.4, -0.2) is 4.98 Å². The van der Waals surface area contributed by atoms with Crippen LogP contribution in [0.15, 0.2) is 36.4 Å². The molecule has 3 aromatic rings. The zero-order chi connectivity index (χ0) is 17.3. The number of aromatic nitrogens is 1. The third-order valence-electron chi connectivity index (χ3n) is 3.56. The van der Waals surface area contributed by atoms with E-state index in [1.54, 1.807) is 0 Å². The van der Waals surface area contributed by atoms with E-state index in [1.165, 1.54) is 0 Å². The van der Waals surface area contributed by atoms with E-state index in [-0.39, 0.29) is 11.7 Å². The van der Waals surface area contributed by atoms with Gasteiger partial charge >= 0.3 is 6.18 Å². The maximum atomic E-state index is 13.0. The van der Waals surface area contributed by atoms with Gasteiger partial charge in [-0.05, 0) is 24.6 Å². The van der Waals surface area contributed by atoms with Crippen LogP contribution < -0.4 is 5.73 Å². The number of aryl methyl sites for hydroxylation is 1. The fourth-order valence-corrected chi connectivity index (χ4v) is 3.17. The van der Waals surface area contributed by atoms with Gasteiger partial charge < -0.3 is 10.5 Å². The first-order valence-corrected chi connectivity index (χ1v) is 8.04. The normalized spacial score (nSPS) is 12.0. The molecule has 0 unspecified atom stereocenters. The Hall–Kier alpha value is -2.12. The maximum Gasteiger partial charge on any atom is 0.416 e. The van der Waals surface area contributed by atoms with Crippen LogP contribution in [0.5, 0.6) is 0 Å². The van der Waals surface area contributed by atoms with Gasteiger partial charge in [0.15, 0.2) is 5.13 Å². The molecule has 2 N–H and O–H groups in total. The van der Waals surface area contributed by atoms with Crippen molar-refractivity contribution in [3.05, 3.63) is 58.7 Å². The molecule has 0 radical (unpaired) electrons. The van der Waals surface area contributed by atoms with Gasteiger partial charge in [0, 0.05) is 5.56 Å². The van der Waals surface area contributed by atoms with Crippen molar-refractivity contribution in [3.8, 4) is 0 Å². The van der Waals surface area contributed by atoms with E-state index in [0.717, 1.165) is 34.6 Å². The Bertz CT molecular complexity index is 857. The number of hydrogen-bond acceptors (Lipinski definition) is 4. The maximum absolute atomic E-state index is 13.0. The highest BCUT2D eigenvalue weighted by atomic mass is 32.1. The summed E-state index contributed by atoms with van der Waals surface area (Å²) in [6, 6.07) is 9.93. The average molecular weight is 352 g/mol. The van der Waals surface area contributed by atoms with Crippen molar-refractivity contribution in [1.82, 2.24) is 4.98 Å². The Morgan fingerprint density at radius 1 is 1.12 bits per heavy atom. The van der Waals surface area contributed by atoms with Gasteiger partial charge in [-0.15, -0.1) is 0 Å². The van der Waals surface area contributed by atoms with E-state index in [4.69, 9.17) is 10.5 Å². The summed E-state index contributed by atoms with van der Waals surface area (Å²) in [5, 5.41) is 0.240. The number of anilines is 1. The molecule has 24 heavy (non-hydrogen) atoms. The molecular formula is C17H15F3N2OS. The van der Waals surface area contributed by atoms with E-state index in [0.29, 0.717) is 22.4 Å². The highest BCUT2D eigenvalue weighted by Gasteiger charge is 2.31. The van der Waals surface area contributed by atoms with Gasteiger partial charge in [0.25, 0.3) is 0 Å². The van der Waals surface area contributed by atoms with Crippen LogP contribution in [0.3, 0.4) is 0 Å². The van der Waals surface area contributed by atoms with Crippen molar-refractivity contribution in [2.24, 2.45) is 0 Å². The topological polar surface area (TPSA) is 48.1 Å². The van der Waals surface area contributed by atoms with E-state index in [1.807, 2.05) is 31.2 Å². The monoisotopic (exact) mass is 352 g/mol. The summed E-state index contributed by atoms with van der Waals surface area (Å²) in [4.78, 5) is 4.12. The van der Waals surface area contributed by atoms with Gasteiger partial charge in [-0.3, -0.25) is 0 Å². The number of hydrogen-bond donors (Lipinski definition) is 1. The van der Waals surface area contributed by atoms with E-state index in [9.17, 15) is 13.2 Å². The van der Waals surface area contributed by atoms with Gasteiger partial charge in [0.1, 0.15) is 0 Å². The molecule has 0 spiro atoms. The van der Waals surface area contributed by atoms with Crippen LogP contribution in [0.4, 0.5) is 18.3 Å². The number of alkyl halides is 3. The molecule has 2 aromatic carbocycles. The Balaban J connectivity index is 1.83. The first-order valence-electron chi connectivity index (χ1n) is 7.22. The third kappa shape index (κ3) is 3.68. The van der Waals surface area contributed by atoms with Gasteiger partial charge in [0.2, 0.25) is 0 Å². The molecule has 0 aliphatic rings. The molecule has 1 heterocycles. The second-order valence-corrected chi connectivity index (χ2v) is 6.57. The first kappa shape index (κ1) is 16.7. The van der Waals surface area contributed by atoms with Crippen LogP contribution in [0, 0.1) is 6.92 Å². The molecular weight excluding hydrogens is 337 g/mol. The molecule has 3 nitrogen and oxygen atoms in total. The molecule has 1 aromatic heterocycles. The summed E-state index contributed by atoms with van der Waals surface area (Å²) in [6.45, 7) is 2.34. The summed E-state index contributed by atoms with van der Waals surface area (Å²) >= 11 is 1.04. The van der Waals surface area contributed by atoms with Crippen LogP contribution >= 0.6 is 11.3 Å². The van der Waals surface area contributed by atoms with Gasteiger partial charge in [0.05, 0.1) is 29.0 Å². The quantitative estimate of drug-likeness (QED) is 0.725. The van der Waals surface area contributed by atoms with Crippen molar-refractivity contribution in [1.29, 1.82) is 0 Å². The smallest absolute Gasteiger partial charge is 0.375 e. The predicted molar refractivity (Wildman–Crippen MR) is 88.7 cm³/mol. The second kappa shape index (κ2) is 6.41. The molecule has 3 rings (SSSR count). The lowest BCUT2D eigenvalue weighted by molar-refractivity contribution is -0.137. The summed E-state index contributed by atoms with van der Waals surface area (Å²) in [7, 11) is 0. The fourth-order valence-electron chi connectivity index (χ4n) is 2.35. The molecule has 0 amide bonds. The molecule has 0 atom stereocenters. The van der Waals surface area contributed by atoms with Gasteiger partial charge in [-0.2, -0.15) is 13.2 Å². The van der Waals surface area contributed by atoms with Gasteiger partial charge in [-0.1, -0.05) is 41.2 Å². The van der Waals surface area contributed by atoms with Crippen molar-refractivity contribution >= 4 is 26.7 Å². The van der Waals surface area contributed by atoms with E-state index >= 15 is 0 Å². The summed E-state index contributed by atoms with van der Waals surface area (Å²) in [5.41, 5.74) is 7.87. The standard InChI is InChI=1S/C17H15F3N2OS/c1-10-2-4-11(5-3-10)8-23-9-12-6-13(17(18,19)20)7-14-15(12)22-16(21)24-14/h2-7H,8-9H2,1H3,(H2,21,22). The highest BCUT2D eigenvalue weighted by molar-refractivity contribution is 7.22. The number of fused-ring (bicyclic) bond motifs is 1. The van der Waals surface area contributed by atoms with Crippen molar-refractivity contribution < 1.29 is 17.9 Å². The largest absolute Gasteiger partial charge is 0.416 e. The molecule has 0 aliphatic carbocycles. The number of nitrogens with zero attached hydrogens (tertiary/aromatic N) is 1. The average Bonchev–Trinajstić information content (AvgIpc) is 2.88. The molecule has 0 saturated carbocycles. The molecule has 0 saturated heterocycles. The lowest BCUT2D eigenvalue weighted by Crippen LogP contribution is -2.06. The van der Waals surface area contributed by atoms with E-state index < -0.39 is 11.7 Å².